The van der Waals surface area contributed by atoms with Gasteiger partial charge in [-0.2, -0.15) is 13.2 Å². The van der Waals surface area contributed by atoms with Crippen LogP contribution in [-0.4, -0.2) is 36.1 Å². The second-order valence-corrected chi connectivity index (χ2v) is 5.72. The van der Waals surface area contributed by atoms with E-state index < -0.39 is 18.1 Å². The predicted octanol–water partition coefficient (Wildman–Crippen LogP) is 2.82. The van der Waals surface area contributed by atoms with E-state index in [0.717, 1.165) is 11.3 Å². The van der Waals surface area contributed by atoms with Crippen molar-refractivity contribution in [2.24, 2.45) is 5.92 Å². The van der Waals surface area contributed by atoms with Gasteiger partial charge in [0, 0.05) is 25.2 Å². The number of para-hydroxylation sites is 1. The molecule has 1 saturated heterocycles. The minimum absolute atomic E-state index is 0.117. The van der Waals surface area contributed by atoms with Crippen LogP contribution in [-0.2, 0) is 11.2 Å². The van der Waals surface area contributed by atoms with Gasteiger partial charge >= 0.3 is 6.18 Å². The first-order chi connectivity index (χ1) is 9.95. The Hall–Kier alpha value is -1.72. The summed E-state index contributed by atoms with van der Waals surface area (Å²) in [5.74, 6) is -1.61. The number of rotatable bonds is 1. The summed E-state index contributed by atoms with van der Waals surface area (Å²) in [5.41, 5.74) is 1.94. The van der Waals surface area contributed by atoms with E-state index in [0.29, 0.717) is 19.4 Å². The monoisotopic (exact) mass is 298 g/mol. The highest BCUT2D eigenvalue weighted by Gasteiger charge is 2.43. The molecular formula is C15H17F3N2O. The van der Waals surface area contributed by atoms with Gasteiger partial charge in [-0.3, -0.25) is 4.79 Å². The Balaban J connectivity index is 1.67. The van der Waals surface area contributed by atoms with Crippen molar-refractivity contribution in [2.75, 3.05) is 18.4 Å². The summed E-state index contributed by atoms with van der Waals surface area (Å²) in [4.78, 5) is 13.8. The van der Waals surface area contributed by atoms with Crippen molar-refractivity contribution in [1.82, 2.24) is 4.90 Å². The van der Waals surface area contributed by atoms with E-state index in [1.165, 1.54) is 4.90 Å². The van der Waals surface area contributed by atoms with Crippen LogP contribution in [0.5, 0.6) is 0 Å². The molecule has 3 rings (SSSR count). The lowest BCUT2D eigenvalue weighted by molar-refractivity contribution is -0.188. The maximum atomic E-state index is 12.8. The zero-order valence-corrected chi connectivity index (χ0v) is 11.5. The number of nitrogens with zero attached hydrogens (tertiary/aromatic N) is 1. The highest BCUT2D eigenvalue weighted by molar-refractivity contribution is 5.87. The molecule has 1 amide bonds. The van der Waals surface area contributed by atoms with Crippen LogP contribution < -0.4 is 5.32 Å². The number of halogens is 3. The number of alkyl halides is 3. The molecule has 0 aromatic heterocycles. The maximum Gasteiger partial charge on any atom is 0.393 e. The van der Waals surface area contributed by atoms with E-state index in [2.05, 4.69) is 5.32 Å². The minimum Gasteiger partial charge on any atom is -0.373 e. The van der Waals surface area contributed by atoms with E-state index in [-0.39, 0.29) is 18.9 Å². The Morgan fingerprint density at radius 1 is 1.29 bits per heavy atom. The van der Waals surface area contributed by atoms with Crippen LogP contribution in [0.2, 0.25) is 0 Å². The summed E-state index contributed by atoms with van der Waals surface area (Å²) in [7, 11) is 0. The number of benzene rings is 1. The van der Waals surface area contributed by atoms with Gasteiger partial charge in [0.15, 0.2) is 0 Å². The lowest BCUT2D eigenvalue weighted by Crippen LogP contribution is -2.49. The van der Waals surface area contributed by atoms with Crippen LogP contribution in [0.25, 0.3) is 0 Å². The van der Waals surface area contributed by atoms with Crippen LogP contribution in [0.15, 0.2) is 24.3 Å². The van der Waals surface area contributed by atoms with Crippen molar-refractivity contribution >= 4 is 11.6 Å². The van der Waals surface area contributed by atoms with Gasteiger partial charge in [0.25, 0.3) is 0 Å². The lowest BCUT2D eigenvalue weighted by atomic mass is 9.96. The molecule has 2 aliphatic heterocycles. The van der Waals surface area contributed by atoms with Gasteiger partial charge in [0.2, 0.25) is 5.91 Å². The zero-order chi connectivity index (χ0) is 15.0. The highest BCUT2D eigenvalue weighted by Crippen LogP contribution is 2.34. The molecule has 2 aliphatic rings. The second-order valence-electron chi connectivity index (χ2n) is 5.72. The third-order valence-electron chi connectivity index (χ3n) is 4.27. The van der Waals surface area contributed by atoms with Crippen molar-refractivity contribution in [3.63, 3.8) is 0 Å². The van der Waals surface area contributed by atoms with Gasteiger partial charge in [0.05, 0.1) is 5.92 Å². The van der Waals surface area contributed by atoms with Crippen molar-refractivity contribution < 1.29 is 18.0 Å². The number of anilines is 1. The molecule has 0 bridgehead atoms. The Morgan fingerprint density at radius 3 is 2.76 bits per heavy atom. The molecule has 3 nitrogen and oxygen atoms in total. The summed E-state index contributed by atoms with van der Waals surface area (Å²) in [6.45, 7) is 0.205. The van der Waals surface area contributed by atoms with Gasteiger partial charge in [-0.05, 0) is 24.5 Å². The van der Waals surface area contributed by atoms with Crippen LogP contribution in [0.3, 0.4) is 0 Å². The normalized spacial score (nSPS) is 25.4. The zero-order valence-electron chi connectivity index (χ0n) is 11.5. The first-order valence-electron chi connectivity index (χ1n) is 7.15. The first kappa shape index (κ1) is 14.2. The molecule has 0 aliphatic carbocycles. The van der Waals surface area contributed by atoms with Gasteiger partial charge in [-0.25, -0.2) is 0 Å². The SMILES string of the molecule is O=C([C@@H]1Cc2ccccc2N1)N1CCC[C@H](C(F)(F)F)C1. The fourth-order valence-electron chi connectivity index (χ4n) is 3.11. The number of hydrogen-bond acceptors (Lipinski definition) is 2. The third-order valence-corrected chi connectivity index (χ3v) is 4.27. The van der Waals surface area contributed by atoms with Gasteiger partial charge in [0.1, 0.15) is 6.04 Å². The molecule has 21 heavy (non-hydrogen) atoms. The third kappa shape index (κ3) is 2.84. The largest absolute Gasteiger partial charge is 0.393 e. The molecule has 0 unspecified atom stereocenters. The summed E-state index contributed by atoms with van der Waals surface area (Å²) < 4.78 is 38.5. The average Bonchev–Trinajstić information content (AvgIpc) is 2.89. The topological polar surface area (TPSA) is 32.3 Å². The fraction of sp³-hybridized carbons (Fsp3) is 0.533. The number of amides is 1. The number of carbonyl (C=O) groups excluding carboxylic acids is 1. The quantitative estimate of drug-likeness (QED) is 0.864. The van der Waals surface area contributed by atoms with Crippen LogP contribution >= 0.6 is 0 Å². The fourth-order valence-corrected chi connectivity index (χ4v) is 3.11. The minimum atomic E-state index is -4.22. The molecule has 114 valence electrons. The smallest absolute Gasteiger partial charge is 0.373 e. The van der Waals surface area contributed by atoms with E-state index in [4.69, 9.17) is 0 Å². The van der Waals surface area contributed by atoms with Gasteiger partial charge < -0.3 is 10.2 Å². The van der Waals surface area contributed by atoms with E-state index >= 15 is 0 Å². The number of piperidine rings is 1. The number of hydrogen-bond donors (Lipinski definition) is 1. The molecule has 6 heteroatoms. The molecule has 1 aromatic rings. The van der Waals surface area contributed by atoms with Crippen molar-refractivity contribution in [2.45, 2.75) is 31.5 Å². The van der Waals surface area contributed by atoms with Crippen LogP contribution in [0.1, 0.15) is 18.4 Å². The highest BCUT2D eigenvalue weighted by atomic mass is 19.4. The van der Waals surface area contributed by atoms with Crippen molar-refractivity contribution in [1.29, 1.82) is 0 Å². The summed E-state index contributed by atoms with van der Waals surface area (Å²) in [6, 6.07) is 7.16. The Kier molecular flexibility index (Phi) is 3.55. The average molecular weight is 298 g/mol. The van der Waals surface area contributed by atoms with Crippen molar-refractivity contribution in [3.8, 4) is 0 Å². The molecule has 0 radical (unpaired) electrons. The molecule has 2 heterocycles. The predicted molar refractivity (Wildman–Crippen MR) is 72.9 cm³/mol. The standard InChI is InChI=1S/C15H17F3N2O/c16-15(17,18)11-5-3-7-20(9-11)14(21)13-8-10-4-1-2-6-12(10)19-13/h1-2,4,6,11,13,19H,3,5,7-9H2/t11-,13-/m0/s1. The first-order valence-corrected chi connectivity index (χ1v) is 7.15. The Labute approximate surface area is 121 Å². The Bertz CT molecular complexity index is 519. The Morgan fingerprint density at radius 2 is 2.05 bits per heavy atom. The van der Waals surface area contributed by atoms with Gasteiger partial charge in [-0.1, -0.05) is 18.2 Å². The second kappa shape index (κ2) is 5.24. The summed E-state index contributed by atoms with van der Waals surface area (Å²) in [6.07, 6.45) is -3.14. The molecule has 0 saturated carbocycles. The number of nitrogens with one attached hydrogen (secondary N) is 1. The van der Waals surface area contributed by atoms with Crippen LogP contribution in [0, 0.1) is 5.92 Å². The maximum absolute atomic E-state index is 12.8. The van der Waals surface area contributed by atoms with E-state index in [9.17, 15) is 18.0 Å². The summed E-state index contributed by atoms with van der Waals surface area (Å²) in [5, 5.41) is 3.11. The van der Waals surface area contributed by atoms with E-state index in [1.807, 2.05) is 24.3 Å². The molecule has 1 aromatic carbocycles. The van der Waals surface area contributed by atoms with Crippen molar-refractivity contribution in [3.05, 3.63) is 29.8 Å². The molecular weight excluding hydrogens is 281 g/mol. The summed E-state index contributed by atoms with van der Waals surface area (Å²) >= 11 is 0. The molecule has 2 atom stereocenters. The molecule has 1 N–H and O–H groups in total. The number of likely N-dealkylation sites (tertiary alicyclic amines) is 1. The van der Waals surface area contributed by atoms with E-state index in [1.54, 1.807) is 0 Å². The molecule has 1 fully saturated rings. The van der Waals surface area contributed by atoms with Crippen LogP contribution in [0.4, 0.5) is 18.9 Å². The number of fused-ring (bicyclic) bond motifs is 1. The number of carbonyl (C=O) groups is 1. The molecule has 0 spiro atoms. The van der Waals surface area contributed by atoms with Gasteiger partial charge in [-0.15, -0.1) is 0 Å². The lowest BCUT2D eigenvalue weighted by Gasteiger charge is -2.35.